The van der Waals surface area contributed by atoms with Crippen LogP contribution in [0.4, 0.5) is 5.69 Å². The largest absolute Gasteiger partial charge is 0.495 e. The van der Waals surface area contributed by atoms with Crippen LogP contribution in [0.3, 0.4) is 0 Å². The third-order valence-corrected chi connectivity index (χ3v) is 6.15. The van der Waals surface area contributed by atoms with Gasteiger partial charge in [0.25, 0.3) is 0 Å². The van der Waals surface area contributed by atoms with Crippen molar-refractivity contribution in [3.05, 3.63) is 95.6 Å². The lowest BCUT2D eigenvalue weighted by atomic mass is 9.96. The van der Waals surface area contributed by atoms with Crippen LogP contribution in [0.1, 0.15) is 22.7 Å². The number of nitrogens with one attached hydrogen (secondary N) is 1. The van der Waals surface area contributed by atoms with E-state index in [4.69, 9.17) is 17.0 Å². The topological polar surface area (TPSA) is 27.7 Å². The third kappa shape index (κ3) is 5.06. The molecule has 0 aromatic heterocycles. The molecule has 0 aliphatic carbocycles. The third-order valence-electron chi connectivity index (χ3n) is 5.79. The summed E-state index contributed by atoms with van der Waals surface area (Å²) in [7, 11) is 1.69. The predicted molar refractivity (Wildman–Crippen MR) is 132 cm³/mol. The van der Waals surface area contributed by atoms with Crippen molar-refractivity contribution in [1.82, 2.24) is 9.80 Å². The van der Waals surface area contributed by atoms with E-state index in [0.717, 1.165) is 42.7 Å². The molecule has 0 unspecified atom stereocenters. The van der Waals surface area contributed by atoms with Gasteiger partial charge >= 0.3 is 0 Å². The normalized spacial score (nSPS) is 14.5. The van der Waals surface area contributed by atoms with Gasteiger partial charge in [-0.3, -0.25) is 4.90 Å². The Balaban J connectivity index is 1.46. The molecule has 1 aliphatic rings. The second-order valence-electron chi connectivity index (χ2n) is 7.88. The molecule has 1 N–H and O–H groups in total. The summed E-state index contributed by atoms with van der Waals surface area (Å²) in [5.74, 6) is 0.805. The lowest BCUT2D eigenvalue weighted by molar-refractivity contribution is 0.151. The van der Waals surface area contributed by atoms with E-state index in [1.807, 2.05) is 12.1 Å². The number of anilines is 1. The fourth-order valence-corrected chi connectivity index (χ4v) is 4.47. The highest BCUT2D eigenvalue weighted by molar-refractivity contribution is 7.80. The lowest BCUT2D eigenvalue weighted by Crippen LogP contribution is -2.51. The number of piperazine rings is 1. The maximum absolute atomic E-state index is 5.74. The quantitative estimate of drug-likeness (QED) is 0.567. The van der Waals surface area contributed by atoms with E-state index in [-0.39, 0.29) is 6.04 Å². The number of rotatable bonds is 5. The van der Waals surface area contributed by atoms with Crippen molar-refractivity contribution in [3.63, 3.8) is 0 Å². The lowest BCUT2D eigenvalue weighted by Gasteiger charge is -2.40. The Morgan fingerprint density at radius 2 is 1.45 bits per heavy atom. The van der Waals surface area contributed by atoms with Crippen molar-refractivity contribution in [2.75, 3.05) is 38.6 Å². The highest BCUT2D eigenvalue weighted by Gasteiger charge is 2.27. The van der Waals surface area contributed by atoms with Crippen molar-refractivity contribution in [3.8, 4) is 5.75 Å². The molecule has 1 aliphatic heterocycles. The summed E-state index contributed by atoms with van der Waals surface area (Å²) in [6, 6.07) is 27.9. The monoisotopic (exact) mass is 431 g/mol. The van der Waals surface area contributed by atoms with E-state index in [9.17, 15) is 0 Å². The van der Waals surface area contributed by atoms with Crippen LogP contribution in [0.15, 0.2) is 78.9 Å². The molecule has 3 aromatic rings. The van der Waals surface area contributed by atoms with Crippen molar-refractivity contribution in [2.45, 2.75) is 13.0 Å². The molecule has 4 rings (SSSR count). The fourth-order valence-electron chi connectivity index (χ4n) is 4.18. The number of hydrogen-bond donors (Lipinski definition) is 1. The van der Waals surface area contributed by atoms with E-state index in [1.54, 1.807) is 7.11 Å². The number of nitrogens with zero attached hydrogens (tertiary/aromatic N) is 2. The average molecular weight is 432 g/mol. The zero-order valence-corrected chi connectivity index (χ0v) is 18.9. The molecule has 160 valence electrons. The molecule has 1 heterocycles. The summed E-state index contributed by atoms with van der Waals surface area (Å²) in [5.41, 5.74) is 4.74. The van der Waals surface area contributed by atoms with Gasteiger partial charge in [-0.15, -0.1) is 0 Å². The van der Waals surface area contributed by atoms with Crippen molar-refractivity contribution >= 4 is 23.0 Å². The van der Waals surface area contributed by atoms with Crippen molar-refractivity contribution < 1.29 is 4.74 Å². The molecule has 5 heteroatoms. The van der Waals surface area contributed by atoms with E-state index in [0.29, 0.717) is 0 Å². The van der Waals surface area contributed by atoms with Crippen LogP contribution in [0.25, 0.3) is 0 Å². The van der Waals surface area contributed by atoms with Crippen molar-refractivity contribution in [1.29, 1.82) is 0 Å². The van der Waals surface area contributed by atoms with Crippen LogP contribution in [-0.4, -0.2) is 48.2 Å². The minimum Gasteiger partial charge on any atom is -0.495 e. The maximum atomic E-state index is 5.74. The predicted octanol–water partition coefficient (Wildman–Crippen LogP) is 5.11. The molecule has 0 saturated carbocycles. The Kier molecular flexibility index (Phi) is 6.85. The first kappa shape index (κ1) is 21.3. The van der Waals surface area contributed by atoms with Gasteiger partial charge < -0.3 is 15.0 Å². The molecule has 0 radical (unpaired) electrons. The standard InChI is InChI=1S/C26H29N3OS/c1-20-13-14-24(30-2)23(19-20)27-26(31)29-17-15-28(16-18-29)25(21-9-5-3-6-10-21)22-11-7-4-8-12-22/h3-14,19,25H,15-18H2,1-2H3,(H,27,31). The minimum atomic E-state index is 0.253. The molecule has 3 aromatic carbocycles. The molecule has 0 amide bonds. The van der Waals surface area contributed by atoms with E-state index in [2.05, 4.69) is 88.8 Å². The second-order valence-corrected chi connectivity index (χ2v) is 8.27. The van der Waals surface area contributed by atoms with Crippen LogP contribution in [0.5, 0.6) is 5.75 Å². The number of hydrogen-bond acceptors (Lipinski definition) is 3. The van der Waals surface area contributed by atoms with Crippen LogP contribution in [0, 0.1) is 6.92 Å². The van der Waals surface area contributed by atoms with E-state index >= 15 is 0 Å². The molecule has 0 atom stereocenters. The van der Waals surface area contributed by atoms with Gasteiger partial charge in [0.05, 0.1) is 18.8 Å². The van der Waals surface area contributed by atoms with Gasteiger partial charge in [0.15, 0.2) is 5.11 Å². The maximum Gasteiger partial charge on any atom is 0.173 e. The summed E-state index contributed by atoms with van der Waals surface area (Å²) in [6.45, 7) is 5.73. The summed E-state index contributed by atoms with van der Waals surface area (Å²) in [5, 5.41) is 4.14. The molecule has 0 bridgehead atoms. The highest BCUT2D eigenvalue weighted by Crippen LogP contribution is 2.30. The van der Waals surface area contributed by atoms with Crippen LogP contribution < -0.4 is 10.1 Å². The van der Waals surface area contributed by atoms with Gasteiger partial charge in [-0.05, 0) is 48.0 Å². The number of aryl methyl sites for hydroxylation is 1. The number of ether oxygens (including phenoxy) is 1. The number of methoxy groups -OCH3 is 1. The van der Waals surface area contributed by atoms with Gasteiger partial charge in [-0.1, -0.05) is 66.7 Å². The summed E-state index contributed by atoms with van der Waals surface area (Å²) in [4.78, 5) is 4.80. The molecule has 1 fully saturated rings. The number of benzene rings is 3. The molecule has 31 heavy (non-hydrogen) atoms. The molecular formula is C26H29N3OS. The van der Waals surface area contributed by atoms with Gasteiger partial charge in [0.1, 0.15) is 5.75 Å². The zero-order valence-electron chi connectivity index (χ0n) is 18.1. The molecule has 4 nitrogen and oxygen atoms in total. The SMILES string of the molecule is COc1ccc(C)cc1NC(=S)N1CCN(C(c2ccccc2)c2ccccc2)CC1. The zero-order chi connectivity index (χ0) is 21.6. The van der Waals surface area contributed by atoms with Crippen LogP contribution in [0.2, 0.25) is 0 Å². The van der Waals surface area contributed by atoms with E-state index in [1.165, 1.54) is 16.7 Å². The van der Waals surface area contributed by atoms with Crippen molar-refractivity contribution in [2.24, 2.45) is 0 Å². The first-order chi connectivity index (χ1) is 15.2. The summed E-state index contributed by atoms with van der Waals surface area (Å²) < 4.78 is 5.49. The second kappa shape index (κ2) is 9.94. The number of thiocarbonyl (C=S) groups is 1. The van der Waals surface area contributed by atoms with Gasteiger partial charge in [0.2, 0.25) is 0 Å². The first-order valence-electron chi connectivity index (χ1n) is 10.7. The Labute approximate surface area is 190 Å². The average Bonchev–Trinajstić information content (AvgIpc) is 2.81. The summed E-state index contributed by atoms with van der Waals surface area (Å²) >= 11 is 5.74. The smallest absolute Gasteiger partial charge is 0.173 e. The minimum absolute atomic E-state index is 0.253. The molecule has 0 spiro atoms. The molecule has 1 saturated heterocycles. The van der Waals surface area contributed by atoms with Crippen LogP contribution in [-0.2, 0) is 0 Å². The fraction of sp³-hybridized carbons (Fsp3) is 0.269. The Hall–Kier alpha value is -2.89. The van der Waals surface area contributed by atoms with Crippen LogP contribution >= 0.6 is 12.2 Å². The molecular weight excluding hydrogens is 402 g/mol. The Morgan fingerprint density at radius 1 is 0.871 bits per heavy atom. The Morgan fingerprint density at radius 3 is 2.00 bits per heavy atom. The Bertz CT molecular complexity index is 962. The van der Waals surface area contributed by atoms with Gasteiger partial charge in [-0.2, -0.15) is 0 Å². The van der Waals surface area contributed by atoms with Gasteiger partial charge in [-0.25, -0.2) is 0 Å². The first-order valence-corrected chi connectivity index (χ1v) is 11.1. The van der Waals surface area contributed by atoms with Gasteiger partial charge in [0, 0.05) is 26.2 Å². The summed E-state index contributed by atoms with van der Waals surface area (Å²) in [6.07, 6.45) is 0. The highest BCUT2D eigenvalue weighted by atomic mass is 32.1. The van der Waals surface area contributed by atoms with E-state index < -0.39 is 0 Å².